The Kier molecular flexibility index (Phi) is 41.6. The van der Waals surface area contributed by atoms with Gasteiger partial charge in [-0.3, -0.25) is 9.59 Å². The molecule has 0 radical (unpaired) electrons. The molecule has 0 aromatic carbocycles. The monoisotopic (exact) mass is 764 g/mol. The van der Waals surface area contributed by atoms with Crippen molar-refractivity contribution in [2.24, 2.45) is 11.8 Å². The van der Waals surface area contributed by atoms with Crippen molar-refractivity contribution in [2.75, 3.05) is 39.5 Å². The van der Waals surface area contributed by atoms with Crippen LogP contribution >= 0.6 is 0 Å². The van der Waals surface area contributed by atoms with Crippen molar-refractivity contribution in [3.05, 3.63) is 12.2 Å². The first-order valence-corrected chi connectivity index (χ1v) is 23.8. The summed E-state index contributed by atoms with van der Waals surface area (Å²) in [6, 6.07) is 0. The Balaban J connectivity index is 4.41. The maximum absolute atomic E-state index is 12.6. The molecule has 0 saturated carbocycles. The maximum Gasteiger partial charge on any atom is 0.305 e. The predicted molar refractivity (Wildman–Crippen MR) is 232 cm³/mol. The molecule has 0 rings (SSSR count). The summed E-state index contributed by atoms with van der Waals surface area (Å²) in [7, 11) is 0. The van der Waals surface area contributed by atoms with Crippen LogP contribution in [0.1, 0.15) is 233 Å². The van der Waals surface area contributed by atoms with Gasteiger partial charge in [0, 0.05) is 19.4 Å². The van der Waals surface area contributed by atoms with Crippen LogP contribution < -0.4 is 0 Å². The molecule has 0 aliphatic rings. The third-order valence-corrected chi connectivity index (χ3v) is 11.1. The van der Waals surface area contributed by atoms with Crippen LogP contribution in [0.2, 0.25) is 0 Å². The van der Waals surface area contributed by atoms with E-state index in [1.54, 1.807) is 0 Å². The van der Waals surface area contributed by atoms with Crippen molar-refractivity contribution in [3.8, 4) is 0 Å². The lowest BCUT2D eigenvalue weighted by atomic mass is 9.95. The molecule has 0 amide bonds. The highest BCUT2D eigenvalue weighted by Gasteiger charge is 2.14. The highest BCUT2D eigenvalue weighted by atomic mass is 16.5. The second-order valence-electron chi connectivity index (χ2n) is 16.4. The fourth-order valence-corrected chi connectivity index (χ4v) is 7.39. The Morgan fingerprint density at radius 2 is 0.852 bits per heavy atom. The Labute approximate surface area is 336 Å². The molecule has 0 heterocycles. The van der Waals surface area contributed by atoms with E-state index in [4.69, 9.17) is 9.47 Å². The molecule has 0 aromatic rings. The molecule has 0 aliphatic carbocycles. The molecule has 0 aliphatic heterocycles. The van der Waals surface area contributed by atoms with Crippen LogP contribution in [0, 0.1) is 11.8 Å². The van der Waals surface area contributed by atoms with Crippen LogP contribution in [0.15, 0.2) is 12.2 Å². The van der Waals surface area contributed by atoms with E-state index in [2.05, 4.69) is 44.7 Å². The SMILES string of the molecule is CCC/C=C/CCCC(CCCCCC)COC(=O)CCCCCN(CCCCO)CCCCCC(=O)OCC(CCCCCC)CCCCCCCC. The molecule has 0 bridgehead atoms. The topological polar surface area (TPSA) is 76.1 Å². The number of esters is 2. The number of ether oxygens (including phenoxy) is 2. The van der Waals surface area contributed by atoms with Crippen LogP contribution in [0.4, 0.5) is 0 Å². The molecule has 0 aromatic heterocycles. The Bertz CT molecular complexity index is 817. The molecule has 320 valence electrons. The predicted octanol–water partition coefficient (Wildman–Crippen LogP) is 13.7. The number of hydrogen-bond donors (Lipinski definition) is 1. The molecule has 2 unspecified atom stereocenters. The molecule has 54 heavy (non-hydrogen) atoms. The lowest BCUT2D eigenvalue weighted by Gasteiger charge is -2.22. The fourth-order valence-electron chi connectivity index (χ4n) is 7.39. The van der Waals surface area contributed by atoms with Gasteiger partial charge in [0.2, 0.25) is 0 Å². The maximum atomic E-state index is 12.6. The van der Waals surface area contributed by atoms with Crippen molar-refractivity contribution in [1.82, 2.24) is 4.90 Å². The summed E-state index contributed by atoms with van der Waals surface area (Å²) in [5, 5.41) is 9.32. The lowest BCUT2D eigenvalue weighted by molar-refractivity contribution is -0.146. The highest BCUT2D eigenvalue weighted by Crippen LogP contribution is 2.21. The van der Waals surface area contributed by atoms with Gasteiger partial charge in [0.05, 0.1) is 13.2 Å². The van der Waals surface area contributed by atoms with Crippen molar-refractivity contribution in [2.45, 2.75) is 233 Å². The Morgan fingerprint density at radius 1 is 0.463 bits per heavy atom. The van der Waals surface area contributed by atoms with Crippen LogP contribution in [0.25, 0.3) is 0 Å². The van der Waals surface area contributed by atoms with Gasteiger partial charge in [0.25, 0.3) is 0 Å². The van der Waals surface area contributed by atoms with E-state index >= 15 is 0 Å². The van der Waals surface area contributed by atoms with Gasteiger partial charge in [-0.15, -0.1) is 0 Å². The van der Waals surface area contributed by atoms with Crippen molar-refractivity contribution in [3.63, 3.8) is 0 Å². The van der Waals surface area contributed by atoms with Gasteiger partial charge in [-0.05, 0) is 115 Å². The summed E-state index contributed by atoms with van der Waals surface area (Å²) in [5.74, 6) is 0.952. The number of hydrogen-bond acceptors (Lipinski definition) is 6. The van der Waals surface area contributed by atoms with Crippen LogP contribution in [0.3, 0.4) is 0 Å². The molecule has 6 nitrogen and oxygen atoms in total. The Hall–Kier alpha value is -1.40. The smallest absolute Gasteiger partial charge is 0.305 e. The third kappa shape index (κ3) is 37.5. The number of nitrogens with zero attached hydrogens (tertiary/aromatic N) is 1. The molecule has 0 fully saturated rings. The third-order valence-electron chi connectivity index (χ3n) is 11.1. The van der Waals surface area contributed by atoms with E-state index in [0.717, 1.165) is 83.8 Å². The van der Waals surface area contributed by atoms with Gasteiger partial charge < -0.3 is 19.5 Å². The van der Waals surface area contributed by atoms with E-state index in [9.17, 15) is 14.7 Å². The quantitative estimate of drug-likeness (QED) is 0.0379. The molecule has 0 spiro atoms. The van der Waals surface area contributed by atoms with E-state index < -0.39 is 0 Å². The number of carbonyl (C=O) groups excluding carboxylic acids is 2. The molecule has 6 heteroatoms. The second-order valence-corrected chi connectivity index (χ2v) is 16.4. The summed E-state index contributed by atoms with van der Waals surface area (Å²) in [6.07, 6.45) is 40.9. The minimum Gasteiger partial charge on any atom is -0.465 e. The van der Waals surface area contributed by atoms with Gasteiger partial charge in [-0.25, -0.2) is 0 Å². The zero-order valence-electron chi connectivity index (χ0n) is 36.7. The second kappa shape index (κ2) is 42.7. The molecule has 2 atom stereocenters. The summed E-state index contributed by atoms with van der Waals surface area (Å²) < 4.78 is 11.6. The number of aliphatic hydroxyl groups is 1. The van der Waals surface area contributed by atoms with Gasteiger partial charge in [0.1, 0.15) is 0 Å². The summed E-state index contributed by atoms with van der Waals surface area (Å²) in [4.78, 5) is 27.7. The minimum atomic E-state index is -0.0324. The average molecular weight is 764 g/mol. The van der Waals surface area contributed by atoms with Crippen molar-refractivity contribution < 1.29 is 24.2 Å². The first-order chi connectivity index (χ1) is 26.5. The van der Waals surface area contributed by atoms with Crippen molar-refractivity contribution >= 4 is 11.9 Å². The van der Waals surface area contributed by atoms with Gasteiger partial charge in [-0.1, -0.05) is 149 Å². The van der Waals surface area contributed by atoms with Gasteiger partial charge in [0.15, 0.2) is 0 Å². The number of carbonyl (C=O) groups is 2. The summed E-state index contributed by atoms with van der Waals surface area (Å²) >= 11 is 0. The minimum absolute atomic E-state index is 0.0208. The van der Waals surface area contributed by atoms with Crippen molar-refractivity contribution in [1.29, 1.82) is 0 Å². The van der Waals surface area contributed by atoms with Crippen LogP contribution in [-0.4, -0.2) is 61.4 Å². The Morgan fingerprint density at radius 3 is 1.31 bits per heavy atom. The van der Waals surface area contributed by atoms with Gasteiger partial charge in [-0.2, -0.15) is 0 Å². The standard InChI is InChI=1S/C48H93NO5/c1-5-9-13-17-19-25-35-45(33-23-15-11-7-3)43-53-47(51)37-27-21-29-39-49(41-31-32-42-50)40-30-22-28-38-48(52)54-44-46(34-24-16-12-8-4)36-26-20-18-14-10-6-2/h13,17,45-46,50H,5-12,14-16,18-44H2,1-4H3/b17-13+. The lowest BCUT2D eigenvalue weighted by Crippen LogP contribution is -2.27. The molecule has 1 N–H and O–H groups in total. The number of aliphatic hydroxyl groups excluding tert-OH is 1. The van der Waals surface area contributed by atoms with E-state index in [1.165, 1.54) is 128 Å². The zero-order chi connectivity index (χ0) is 39.6. The highest BCUT2D eigenvalue weighted by molar-refractivity contribution is 5.69. The average Bonchev–Trinajstić information content (AvgIpc) is 3.17. The molecular formula is C48H93NO5. The molecule has 0 saturated heterocycles. The van der Waals surface area contributed by atoms with E-state index in [1.807, 2.05) is 0 Å². The van der Waals surface area contributed by atoms with Gasteiger partial charge >= 0.3 is 11.9 Å². The number of unbranched alkanes of at least 4 members (excludes halogenated alkanes) is 18. The van der Waals surface area contributed by atoms with Crippen LogP contribution in [0.5, 0.6) is 0 Å². The normalized spacial score (nSPS) is 12.9. The fraction of sp³-hybridized carbons (Fsp3) is 0.917. The summed E-state index contributed by atoms with van der Waals surface area (Å²) in [6.45, 7) is 13.5. The first kappa shape index (κ1) is 52.6. The zero-order valence-corrected chi connectivity index (χ0v) is 36.7. The number of rotatable bonds is 43. The van der Waals surface area contributed by atoms with E-state index in [-0.39, 0.29) is 18.5 Å². The van der Waals surface area contributed by atoms with Crippen LogP contribution in [-0.2, 0) is 19.1 Å². The van der Waals surface area contributed by atoms with E-state index in [0.29, 0.717) is 37.9 Å². The molecular weight excluding hydrogens is 671 g/mol. The largest absolute Gasteiger partial charge is 0.465 e. The number of allylic oxidation sites excluding steroid dienone is 2. The first-order valence-electron chi connectivity index (χ1n) is 23.8. The summed E-state index contributed by atoms with van der Waals surface area (Å²) in [5.41, 5.74) is 0.